The molecule has 5 atom stereocenters. The maximum absolute atomic E-state index is 13.9. The van der Waals surface area contributed by atoms with Gasteiger partial charge in [-0.05, 0) is 36.3 Å². The molecule has 0 aliphatic carbocycles. The predicted molar refractivity (Wildman–Crippen MR) is 138 cm³/mol. The molecule has 5 unspecified atom stereocenters. The molecule has 190 valence electrons. The molecule has 1 spiro atoms. The van der Waals surface area contributed by atoms with Crippen molar-refractivity contribution in [3.63, 3.8) is 0 Å². The minimum absolute atomic E-state index is 0.181. The molecule has 2 fully saturated rings. The number of rotatable bonds is 9. The van der Waals surface area contributed by atoms with Crippen LogP contribution in [0, 0.1) is 17.8 Å². The van der Waals surface area contributed by atoms with Crippen LogP contribution in [0.1, 0.15) is 37.6 Å². The lowest BCUT2D eigenvalue weighted by molar-refractivity contribution is -0.145. The number of carbonyl (C=O) groups excluding carboxylic acids is 3. The zero-order valence-electron chi connectivity index (χ0n) is 20.9. The Balaban J connectivity index is 1.43. The minimum Gasteiger partial charge on any atom is -0.356 e. The standard InChI is InChI=1S/C28H33N3O4S/c1-18(2)11-14-31-23(25(33)29-16-19-8-5-4-6-9-19)28-13-12-27(3,35-28)21(22(28)26(31)34)24(32)30-17-20-10-7-15-36-20/h4-10,12-13,15,18,21-23H,11,14,16-17H2,1-3H3,(H,29,33)(H,30,32). The third-order valence-corrected chi connectivity index (χ3v) is 8.48. The Labute approximate surface area is 215 Å². The van der Waals surface area contributed by atoms with Gasteiger partial charge >= 0.3 is 0 Å². The first kappa shape index (κ1) is 24.7. The maximum Gasteiger partial charge on any atom is 0.246 e. The first-order valence-corrected chi connectivity index (χ1v) is 13.5. The number of carbonyl (C=O) groups is 3. The van der Waals surface area contributed by atoms with Crippen molar-refractivity contribution in [1.29, 1.82) is 0 Å². The van der Waals surface area contributed by atoms with E-state index in [0.717, 1.165) is 16.9 Å². The van der Waals surface area contributed by atoms with E-state index in [0.29, 0.717) is 25.6 Å². The highest BCUT2D eigenvalue weighted by atomic mass is 32.1. The SMILES string of the molecule is CC(C)CCN1C(=O)C2C(C(=O)NCc3cccs3)C3(C)C=CC2(O3)C1C(=O)NCc1ccccc1. The third-order valence-electron chi connectivity index (χ3n) is 7.60. The van der Waals surface area contributed by atoms with Crippen LogP contribution < -0.4 is 10.6 Å². The summed E-state index contributed by atoms with van der Waals surface area (Å²) in [5.41, 5.74) is -1.13. The molecule has 3 aliphatic heterocycles. The van der Waals surface area contributed by atoms with Gasteiger partial charge in [0.1, 0.15) is 11.6 Å². The van der Waals surface area contributed by atoms with Crippen LogP contribution in [0.4, 0.5) is 0 Å². The van der Waals surface area contributed by atoms with E-state index in [2.05, 4.69) is 24.5 Å². The van der Waals surface area contributed by atoms with Crippen LogP contribution in [-0.4, -0.2) is 46.4 Å². The average Bonchev–Trinajstić information content (AvgIpc) is 3.60. The lowest BCUT2D eigenvalue weighted by atomic mass is 9.70. The number of benzene rings is 1. The number of ether oxygens (including phenoxy) is 1. The van der Waals surface area contributed by atoms with E-state index in [-0.39, 0.29) is 17.7 Å². The van der Waals surface area contributed by atoms with Crippen molar-refractivity contribution in [1.82, 2.24) is 15.5 Å². The normalized spacial score (nSPS) is 30.2. The topological polar surface area (TPSA) is 87.7 Å². The Morgan fingerprint density at radius 3 is 2.50 bits per heavy atom. The molecule has 3 aliphatic rings. The van der Waals surface area contributed by atoms with Gasteiger partial charge in [0.25, 0.3) is 0 Å². The molecular formula is C28H33N3O4S. The summed E-state index contributed by atoms with van der Waals surface area (Å²) in [5, 5.41) is 8.00. The highest BCUT2D eigenvalue weighted by Crippen LogP contribution is 2.59. The summed E-state index contributed by atoms with van der Waals surface area (Å²) in [6, 6.07) is 12.8. The van der Waals surface area contributed by atoms with E-state index in [1.165, 1.54) is 0 Å². The third kappa shape index (κ3) is 4.16. The number of hydrogen-bond donors (Lipinski definition) is 2. The van der Waals surface area contributed by atoms with Crippen LogP contribution >= 0.6 is 11.3 Å². The average molecular weight is 508 g/mol. The van der Waals surface area contributed by atoms with Gasteiger partial charge in [-0.1, -0.05) is 62.4 Å². The molecule has 1 aromatic heterocycles. The number of amides is 3. The van der Waals surface area contributed by atoms with E-state index in [1.54, 1.807) is 16.2 Å². The molecule has 5 rings (SSSR count). The first-order chi connectivity index (χ1) is 17.2. The molecule has 1 aromatic carbocycles. The molecule has 0 radical (unpaired) electrons. The monoisotopic (exact) mass is 507 g/mol. The number of hydrogen-bond acceptors (Lipinski definition) is 5. The van der Waals surface area contributed by atoms with Crippen LogP contribution in [0.5, 0.6) is 0 Å². The fraction of sp³-hybridized carbons (Fsp3) is 0.464. The molecule has 0 saturated carbocycles. The Morgan fingerprint density at radius 1 is 1.06 bits per heavy atom. The zero-order valence-corrected chi connectivity index (χ0v) is 21.7. The number of nitrogens with zero attached hydrogens (tertiary/aromatic N) is 1. The van der Waals surface area contributed by atoms with Crippen LogP contribution in [0.15, 0.2) is 60.0 Å². The molecule has 2 N–H and O–H groups in total. The van der Waals surface area contributed by atoms with Crippen molar-refractivity contribution in [2.24, 2.45) is 17.8 Å². The summed E-state index contributed by atoms with van der Waals surface area (Å²) >= 11 is 1.57. The van der Waals surface area contributed by atoms with Crippen LogP contribution in [0.2, 0.25) is 0 Å². The van der Waals surface area contributed by atoms with E-state index in [4.69, 9.17) is 4.74 Å². The van der Waals surface area contributed by atoms with Crippen molar-refractivity contribution in [3.8, 4) is 0 Å². The second-order valence-corrected chi connectivity index (χ2v) is 11.6. The molecule has 2 aromatic rings. The number of nitrogens with one attached hydrogen (secondary N) is 2. The highest BCUT2D eigenvalue weighted by Gasteiger charge is 2.76. The summed E-state index contributed by atoms with van der Waals surface area (Å²) in [6.07, 6.45) is 4.49. The van der Waals surface area contributed by atoms with Crippen molar-refractivity contribution in [2.45, 2.75) is 57.5 Å². The largest absolute Gasteiger partial charge is 0.356 e. The summed E-state index contributed by atoms with van der Waals surface area (Å²) in [4.78, 5) is 43.8. The predicted octanol–water partition coefficient (Wildman–Crippen LogP) is 3.27. The maximum atomic E-state index is 13.9. The lowest BCUT2D eigenvalue weighted by Gasteiger charge is -2.33. The molecule has 2 bridgehead atoms. The van der Waals surface area contributed by atoms with Gasteiger partial charge in [0.2, 0.25) is 17.7 Å². The van der Waals surface area contributed by atoms with Crippen molar-refractivity contribution in [2.75, 3.05) is 6.54 Å². The van der Waals surface area contributed by atoms with E-state index >= 15 is 0 Å². The molecular weight excluding hydrogens is 474 g/mol. The lowest BCUT2D eigenvalue weighted by Crippen LogP contribution is -2.54. The summed E-state index contributed by atoms with van der Waals surface area (Å²) in [6.45, 7) is 7.22. The fourth-order valence-corrected chi connectivity index (χ4v) is 6.49. The molecule has 2 saturated heterocycles. The van der Waals surface area contributed by atoms with Crippen LogP contribution in [0.3, 0.4) is 0 Å². The summed E-state index contributed by atoms with van der Waals surface area (Å²) in [7, 11) is 0. The van der Waals surface area contributed by atoms with Crippen LogP contribution in [0.25, 0.3) is 0 Å². The Hall–Kier alpha value is -2.97. The van der Waals surface area contributed by atoms with Gasteiger partial charge < -0.3 is 20.3 Å². The number of thiophene rings is 1. The Kier molecular flexibility index (Phi) is 6.51. The van der Waals surface area contributed by atoms with Gasteiger partial charge in [0.05, 0.1) is 24.0 Å². The van der Waals surface area contributed by atoms with Crippen molar-refractivity contribution < 1.29 is 19.1 Å². The molecule has 8 heteroatoms. The van der Waals surface area contributed by atoms with E-state index in [1.807, 2.05) is 66.9 Å². The second kappa shape index (κ2) is 9.48. The second-order valence-electron chi connectivity index (χ2n) is 10.5. The smallest absolute Gasteiger partial charge is 0.246 e. The molecule has 7 nitrogen and oxygen atoms in total. The van der Waals surface area contributed by atoms with Gasteiger partial charge in [0.15, 0.2) is 0 Å². The van der Waals surface area contributed by atoms with Gasteiger partial charge in [0, 0.05) is 18.0 Å². The molecule has 3 amide bonds. The Bertz CT molecular complexity index is 1160. The van der Waals surface area contributed by atoms with Crippen LogP contribution in [-0.2, 0) is 32.2 Å². The first-order valence-electron chi connectivity index (χ1n) is 12.6. The number of likely N-dealkylation sites (tertiary alicyclic amines) is 1. The van der Waals surface area contributed by atoms with E-state index in [9.17, 15) is 14.4 Å². The minimum atomic E-state index is -1.16. The number of fused-ring (bicyclic) bond motifs is 1. The summed E-state index contributed by atoms with van der Waals surface area (Å²) in [5.74, 6) is -1.74. The summed E-state index contributed by atoms with van der Waals surface area (Å²) < 4.78 is 6.54. The van der Waals surface area contributed by atoms with Gasteiger partial charge in [-0.15, -0.1) is 11.3 Å². The molecule has 4 heterocycles. The van der Waals surface area contributed by atoms with Gasteiger partial charge in [-0.2, -0.15) is 0 Å². The van der Waals surface area contributed by atoms with Crippen molar-refractivity contribution >= 4 is 29.1 Å². The van der Waals surface area contributed by atoms with Gasteiger partial charge in [-0.3, -0.25) is 14.4 Å². The molecule has 36 heavy (non-hydrogen) atoms. The highest BCUT2D eigenvalue weighted by molar-refractivity contribution is 7.09. The fourth-order valence-electron chi connectivity index (χ4n) is 5.85. The quantitative estimate of drug-likeness (QED) is 0.510. The van der Waals surface area contributed by atoms with E-state index < -0.39 is 29.1 Å². The van der Waals surface area contributed by atoms with Crippen molar-refractivity contribution in [3.05, 3.63) is 70.4 Å². The Morgan fingerprint density at radius 2 is 1.81 bits per heavy atom. The zero-order chi connectivity index (χ0) is 25.5. The van der Waals surface area contributed by atoms with Gasteiger partial charge in [-0.25, -0.2) is 0 Å².